The van der Waals surface area contributed by atoms with Gasteiger partial charge in [0.2, 0.25) is 0 Å². The number of hydrogen-bond acceptors (Lipinski definition) is 3. The molecule has 3 nitrogen and oxygen atoms in total. The van der Waals surface area contributed by atoms with Crippen LogP contribution < -0.4 is 0 Å². The molecule has 0 amide bonds. The van der Waals surface area contributed by atoms with E-state index in [1.54, 1.807) is 6.92 Å². The average molecular weight is 213 g/mol. The predicted molar refractivity (Wildman–Crippen MR) is 60.7 cm³/mol. The zero-order valence-electron chi connectivity index (χ0n) is 10.1. The fraction of sp³-hybridized carbons (Fsp3) is 0.917. The lowest BCUT2D eigenvalue weighted by atomic mass is 9.91. The summed E-state index contributed by atoms with van der Waals surface area (Å²) in [5, 5.41) is 9.47. The summed E-state index contributed by atoms with van der Waals surface area (Å²) in [5.41, 5.74) is 0. The molecule has 1 rings (SSSR count). The summed E-state index contributed by atoms with van der Waals surface area (Å²) in [5.74, 6) is 0.714. The van der Waals surface area contributed by atoms with Crippen molar-refractivity contribution in [3.05, 3.63) is 0 Å². The Hall–Kier alpha value is -0.410. The molecule has 2 atom stereocenters. The highest BCUT2D eigenvalue weighted by molar-refractivity contribution is 5.76. The van der Waals surface area contributed by atoms with E-state index in [1.165, 1.54) is 0 Å². The Morgan fingerprint density at radius 2 is 1.93 bits per heavy atom. The summed E-state index contributed by atoms with van der Waals surface area (Å²) in [6, 6.07) is 0.359. The van der Waals surface area contributed by atoms with Gasteiger partial charge >= 0.3 is 0 Å². The Labute approximate surface area is 92.5 Å². The summed E-state index contributed by atoms with van der Waals surface area (Å²) in [6.07, 6.45) is 2.58. The molecule has 0 bridgehead atoms. The first-order valence-corrected chi connectivity index (χ1v) is 5.92. The van der Waals surface area contributed by atoms with E-state index in [0.29, 0.717) is 18.4 Å². The average Bonchev–Trinajstić information content (AvgIpc) is 2.17. The lowest BCUT2D eigenvalue weighted by molar-refractivity contribution is -0.118. The first-order chi connectivity index (χ1) is 7.00. The van der Waals surface area contributed by atoms with Gasteiger partial charge in [-0.25, -0.2) is 0 Å². The lowest BCUT2D eigenvalue weighted by Crippen LogP contribution is -2.42. The maximum atomic E-state index is 11.0. The Balaban J connectivity index is 2.33. The molecular formula is C12H23NO2. The van der Waals surface area contributed by atoms with E-state index in [1.807, 2.05) is 6.92 Å². The van der Waals surface area contributed by atoms with Gasteiger partial charge in [0.15, 0.2) is 0 Å². The number of aliphatic hydroxyl groups is 1. The highest BCUT2D eigenvalue weighted by Crippen LogP contribution is 2.22. The van der Waals surface area contributed by atoms with Gasteiger partial charge in [-0.15, -0.1) is 0 Å². The third-order valence-corrected chi connectivity index (χ3v) is 3.46. The molecule has 1 heterocycles. The molecule has 0 aromatic heterocycles. The fourth-order valence-electron chi connectivity index (χ4n) is 2.39. The molecule has 1 N–H and O–H groups in total. The van der Waals surface area contributed by atoms with Gasteiger partial charge in [-0.1, -0.05) is 0 Å². The molecule has 2 unspecified atom stereocenters. The second-order valence-corrected chi connectivity index (χ2v) is 4.87. The van der Waals surface area contributed by atoms with Crippen LogP contribution in [0, 0.1) is 5.92 Å². The normalized spacial score (nSPS) is 23.7. The van der Waals surface area contributed by atoms with Crippen molar-refractivity contribution < 1.29 is 9.90 Å². The maximum Gasteiger partial charge on any atom is 0.131 e. The van der Waals surface area contributed by atoms with E-state index >= 15 is 0 Å². The lowest BCUT2D eigenvalue weighted by Gasteiger charge is -2.36. The summed E-state index contributed by atoms with van der Waals surface area (Å²) in [4.78, 5) is 13.4. The van der Waals surface area contributed by atoms with Crippen molar-refractivity contribution in [3.8, 4) is 0 Å². The topological polar surface area (TPSA) is 40.5 Å². The van der Waals surface area contributed by atoms with Crippen LogP contribution in [0.1, 0.15) is 40.0 Å². The van der Waals surface area contributed by atoms with Gasteiger partial charge in [-0.05, 0) is 52.6 Å². The number of Topliss-reactive ketones (excluding diaryl/α,β-unsaturated/α-hetero) is 1. The molecule has 1 saturated heterocycles. The van der Waals surface area contributed by atoms with Gasteiger partial charge in [-0.3, -0.25) is 4.79 Å². The molecule has 1 fully saturated rings. The van der Waals surface area contributed by atoms with Crippen LogP contribution in [0.4, 0.5) is 0 Å². The molecule has 0 aliphatic carbocycles. The van der Waals surface area contributed by atoms with Crippen LogP contribution in [0.2, 0.25) is 0 Å². The molecule has 1 aliphatic rings. The standard InChI is InChI=1S/C12H23NO2/c1-9(8-10(2)14)13-6-4-12(5-7-13)11(3)15/h9,11-12,15H,4-8H2,1-3H3. The minimum absolute atomic E-state index is 0.185. The van der Waals surface area contributed by atoms with E-state index in [2.05, 4.69) is 11.8 Å². The zero-order chi connectivity index (χ0) is 11.4. The van der Waals surface area contributed by atoms with Crippen molar-refractivity contribution >= 4 is 5.78 Å². The predicted octanol–water partition coefficient (Wildman–Crippen LogP) is 1.45. The number of carbonyl (C=O) groups is 1. The first kappa shape index (κ1) is 12.7. The molecule has 0 aromatic rings. The van der Waals surface area contributed by atoms with Gasteiger partial charge in [-0.2, -0.15) is 0 Å². The number of hydrogen-bond donors (Lipinski definition) is 1. The number of nitrogens with zero attached hydrogens (tertiary/aromatic N) is 1. The van der Waals surface area contributed by atoms with E-state index < -0.39 is 0 Å². The van der Waals surface area contributed by atoms with Crippen LogP contribution in [0.25, 0.3) is 0 Å². The van der Waals surface area contributed by atoms with Crippen molar-refractivity contribution in [2.45, 2.75) is 52.2 Å². The van der Waals surface area contributed by atoms with Crippen molar-refractivity contribution in [2.75, 3.05) is 13.1 Å². The molecule has 3 heteroatoms. The Morgan fingerprint density at radius 1 is 1.40 bits per heavy atom. The number of rotatable bonds is 4. The van der Waals surface area contributed by atoms with Crippen molar-refractivity contribution in [1.82, 2.24) is 4.90 Å². The van der Waals surface area contributed by atoms with Crippen LogP contribution in [0.3, 0.4) is 0 Å². The van der Waals surface area contributed by atoms with Gasteiger partial charge < -0.3 is 10.0 Å². The summed E-state index contributed by atoms with van der Waals surface area (Å²) in [7, 11) is 0. The van der Waals surface area contributed by atoms with Crippen LogP contribution >= 0.6 is 0 Å². The monoisotopic (exact) mass is 213 g/mol. The van der Waals surface area contributed by atoms with Crippen LogP contribution in [0.15, 0.2) is 0 Å². The second-order valence-electron chi connectivity index (χ2n) is 4.87. The van der Waals surface area contributed by atoms with Crippen LogP contribution in [-0.4, -0.2) is 41.0 Å². The molecule has 0 saturated carbocycles. The molecule has 0 radical (unpaired) electrons. The Bertz CT molecular complexity index is 208. The van der Waals surface area contributed by atoms with E-state index in [-0.39, 0.29) is 11.9 Å². The van der Waals surface area contributed by atoms with E-state index in [4.69, 9.17) is 0 Å². The summed E-state index contributed by atoms with van der Waals surface area (Å²) in [6.45, 7) is 7.68. The van der Waals surface area contributed by atoms with Crippen molar-refractivity contribution in [3.63, 3.8) is 0 Å². The van der Waals surface area contributed by atoms with Crippen LogP contribution in [0.5, 0.6) is 0 Å². The van der Waals surface area contributed by atoms with Gasteiger partial charge in [0.05, 0.1) is 6.10 Å². The second kappa shape index (κ2) is 5.61. The fourth-order valence-corrected chi connectivity index (χ4v) is 2.39. The molecule has 1 aliphatic heterocycles. The molecular weight excluding hydrogens is 190 g/mol. The third-order valence-electron chi connectivity index (χ3n) is 3.46. The van der Waals surface area contributed by atoms with Crippen molar-refractivity contribution in [2.24, 2.45) is 5.92 Å². The zero-order valence-corrected chi connectivity index (χ0v) is 10.1. The van der Waals surface area contributed by atoms with Gasteiger partial charge in [0.1, 0.15) is 5.78 Å². The largest absolute Gasteiger partial charge is 0.393 e. The van der Waals surface area contributed by atoms with Crippen LogP contribution in [-0.2, 0) is 4.79 Å². The SMILES string of the molecule is CC(=O)CC(C)N1CCC(C(C)O)CC1. The van der Waals surface area contributed by atoms with E-state index in [9.17, 15) is 9.90 Å². The Kier molecular flexibility index (Phi) is 4.74. The smallest absolute Gasteiger partial charge is 0.131 e. The molecule has 0 aromatic carbocycles. The summed E-state index contributed by atoms with van der Waals surface area (Å²) < 4.78 is 0. The van der Waals surface area contributed by atoms with Gasteiger partial charge in [0.25, 0.3) is 0 Å². The molecule has 0 spiro atoms. The number of piperidine rings is 1. The third kappa shape index (κ3) is 3.92. The first-order valence-electron chi connectivity index (χ1n) is 5.92. The minimum Gasteiger partial charge on any atom is -0.393 e. The molecule has 15 heavy (non-hydrogen) atoms. The Morgan fingerprint density at radius 3 is 2.33 bits per heavy atom. The van der Waals surface area contributed by atoms with Gasteiger partial charge in [0, 0.05) is 12.5 Å². The number of carbonyl (C=O) groups excluding carboxylic acids is 1. The highest BCUT2D eigenvalue weighted by Gasteiger charge is 2.25. The highest BCUT2D eigenvalue weighted by atomic mass is 16.3. The molecule has 88 valence electrons. The summed E-state index contributed by atoms with van der Waals surface area (Å²) >= 11 is 0. The number of aliphatic hydroxyl groups excluding tert-OH is 1. The van der Waals surface area contributed by atoms with E-state index in [0.717, 1.165) is 25.9 Å². The number of ketones is 1. The minimum atomic E-state index is -0.185. The maximum absolute atomic E-state index is 11.0. The quantitative estimate of drug-likeness (QED) is 0.768. The number of likely N-dealkylation sites (tertiary alicyclic amines) is 1. The van der Waals surface area contributed by atoms with Crippen molar-refractivity contribution in [1.29, 1.82) is 0 Å².